The number of nitrogens with zero attached hydrogens (tertiary/aromatic N) is 1. The Kier molecular flexibility index (Phi) is 6.78. The molecule has 142 valence electrons. The van der Waals surface area contributed by atoms with Crippen molar-refractivity contribution in [3.05, 3.63) is 82.4 Å². The highest BCUT2D eigenvalue weighted by Gasteiger charge is 2.29. The molecule has 0 spiro atoms. The minimum absolute atomic E-state index is 0.0455. The predicted octanol–water partition coefficient (Wildman–Crippen LogP) is 5.07. The standard InChI is InChI=1S/C21H22Cl2N2O2/c1-2-12-24-21(26)25-13-11-19(14-25)27-20(15-3-7-17(22)8-4-15)16-5-9-18(23)10-6-16/h2-10,19-20H,1,11-14H2,(H,24,26)/t19-/m1/s1. The molecule has 0 aromatic heterocycles. The SMILES string of the molecule is C=CCNC(=O)N1CC[C@@H](OC(c2ccc(Cl)cc2)c2ccc(Cl)cc2)C1. The van der Waals surface area contributed by atoms with Crippen molar-refractivity contribution < 1.29 is 9.53 Å². The maximum atomic E-state index is 12.1. The Balaban J connectivity index is 1.74. The molecule has 1 N–H and O–H groups in total. The quantitative estimate of drug-likeness (QED) is 0.682. The molecule has 1 aliphatic rings. The van der Waals surface area contributed by atoms with Crippen molar-refractivity contribution in [2.24, 2.45) is 0 Å². The van der Waals surface area contributed by atoms with Gasteiger partial charge in [0.25, 0.3) is 0 Å². The molecule has 0 bridgehead atoms. The van der Waals surface area contributed by atoms with Gasteiger partial charge in [-0.2, -0.15) is 0 Å². The van der Waals surface area contributed by atoms with Crippen molar-refractivity contribution in [2.45, 2.75) is 18.6 Å². The van der Waals surface area contributed by atoms with E-state index in [0.717, 1.165) is 17.5 Å². The van der Waals surface area contributed by atoms with E-state index in [9.17, 15) is 4.79 Å². The highest BCUT2D eigenvalue weighted by Crippen LogP contribution is 2.31. The van der Waals surface area contributed by atoms with Gasteiger partial charge in [-0.15, -0.1) is 6.58 Å². The first-order valence-electron chi connectivity index (χ1n) is 8.87. The number of likely N-dealkylation sites (tertiary alicyclic amines) is 1. The normalized spacial score (nSPS) is 16.6. The molecular formula is C21H22Cl2N2O2. The van der Waals surface area contributed by atoms with E-state index < -0.39 is 0 Å². The molecule has 0 saturated carbocycles. The first-order chi connectivity index (χ1) is 13.1. The summed E-state index contributed by atoms with van der Waals surface area (Å²) in [5, 5.41) is 4.17. The van der Waals surface area contributed by atoms with Gasteiger partial charge in [0.05, 0.1) is 6.10 Å². The third-order valence-electron chi connectivity index (χ3n) is 4.50. The second-order valence-electron chi connectivity index (χ2n) is 6.45. The van der Waals surface area contributed by atoms with Crippen molar-refractivity contribution in [2.75, 3.05) is 19.6 Å². The number of benzene rings is 2. The Morgan fingerprint density at radius 2 is 1.70 bits per heavy atom. The zero-order chi connectivity index (χ0) is 19.2. The van der Waals surface area contributed by atoms with Crippen LogP contribution >= 0.6 is 23.2 Å². The van der Waals surface area contributed by atoms with Crippen LogP contribution in [0.3, 0.4) is 0 Å². The van der Waals surface area contributed by atoms with Gasteiger partial charge >= 0.3 is 6.03 Å². The molecule has 2 aromatic rings. The summed E-state index contributed by atoms with van der Waals surface area (Å²) >= 11 is 12.1. The second kappa shape index (κ2) is 9.27. The van der Waals surface area contributed by atoms with Crippen LogP contribution in [0.15, 0.2) is 61.2 Å². The zero-order valence-corrected chi connectivity index (χ0v) is 16.4. The van der Waals surface area contributed by atoms with Gasteiger partial charge < -0.3 is 15.0 Å². The van der Waals surface area contributed by atoms with Crippen LogP contribution in [-0.4, -0.2) is 36.7 Å². The van der Waals surface area contributed by atoms with Crippen LogP contribution in [-0.2, 0) is 4.74 Å². The van der Waals surface area contributed by atoms with E-state index in [1.54, 1.807) is 11.0 Å². The number of hydrogen-bond acceptors (Lipinski definition) is 2. The van der Waals surface area contributed by atoms with Crippen LogP contribution in [0.1, 0.15) is 23.7 Å². The molecule has 3 rings (SSSR count). The summed E-state index contributed by atoms with van der Waals surface area (Å²) in [7, 11) is 0. The zero-order valence-electron chi connectivity index (χ0n) is 14.9. The maximum Gasteiger partial charge on any atom is 0.317 e. The summed E-state index contributed by atoms with van der Waals surface area (Å²) in [4.78, 5) is 13.9. The molecule has 1 saturated heterocycles. The first-order valence-corrected chi connectivity index (χ1v) is 9.62. The number of rotatable bonds is 6. The molecule has 0 unspecified atom stereocenters. The summed E-state index contributed by atoms with van der Waals surface area (Å²) in [6.07, 6.45) is 2.16. The molecule has 1 aliphatic heterocycles. The lowest BCUT2D eigenvalue weighted by Gasteiger charge is -2.24. The first kappa shape index (κ1) is 19.7. The Morgan fingerprint density at radius 3 is 2.22 bits per heavy atom. The molecule has 1 heterocycles. The Morgan fingerprint density at radius 1 is 1.15 bits per heavy atom. The minimum Gasteiger partial charge on any atom is -0.364 e. The molecule has 4 nitrogen and oxygen atoms in total. The molecule has 0 radical (unpaired) electrons. The van der Waals surface area contributed by atoms with Gasteiger partial charge in [-0.05, 0) is 41.8 Å². The van der Waals surface area contributed by atoms with Gasteiger partial charge in [0, 0.05) is 29.7 Å². The molecule has 6 heteroatoms. The number of carbonyl (C=O) groups excluding carboxylic acids is 1. The summed E-state index contributed by atoms with van der Waals surface area (Å²) in [5.74, 6) is 0. The molecule has 27 heavy (non-hydrogen) atoms. The number of ether oxygens (including phenoxy) is 1. The van der Waals surface area contributed by atoms with Crippen LogP contribution in [0.5, 0.6) is 0 Å². The van der Waals surface area contributed by atoms with Crippen molar-refractivity contribution in [3.8, 4) is 0 Å². The van der Waals surface area contributed by atoms with E-state index in [1.165, 1.54) is 0 Å². The topological polar surface area (TPSA) is 41.6 Å². The number of hydrogen-bond donors (Lipinski definition) is 1. The van der Waals surface area contributed by atoms with Gasteiger partial charge in [-0.1, -0.05) is 53.5 Å². The maximum absolute atomic E-state index is 12.1. The van der Waals surface area contributed by atoms with E-state index in [4.69, 9.17) is 27.9 Å². The second-order valence-corrected chi connectivity index (χ2v) is 7.32. The minimum atomic E-state index is -0.249. The number of amides is 2. The fourth-order valence-corrected chi connectivity index (χ4v) is 3.36. The molecule has 2 aromatic carbocycles. The Bertz CT molecular complexity index is 732. The molecule has 2 amide bonds. The van der Waals surface area contributed by atoms with E-state index in [0.29, 0.717) is 29.7 Å². The lowest BCUT2D eigenvalue weighted by Crippen LogP contribution is -2.39. The van der Waals surface area contributed by atoms with Crippen LogP contribution < -0.4 is 5.32 Å². The average Bonchev–Trinajstić information content (AvgIpc) is 3.15. The summed E-state index contributed by atoms with van der Waals surface area (Å²) in [6.45, 7) is 5.30. The predicted molar refractivity (Wildman–Crippen MR) is 109 cm³/mol. The Labute approximate surface area is 169 Å². The monoisotopic (exact) mass is 404 g/mol. The number of urea groups is 1. The van der Waals surface area contributed by atoms with Gasteiger partial charge in [-0.25, -0.2) is 4.79 Å². The van der Waals surface area contributed by atoms with E-state index >= 15 is 0 Å². The number of carbonyl (C=O) groups is 1. The van der Waals surface area contributed by atoms with Gasteiger partial charge in [0.15, 0.2) is 0 Å². The molecular weight excluding hydrogens is 383 g/mol. The van der Waals surface area contributed by atoms with Crippen molar-refractivity contribution in [1.29, 1.82) is 0 Å². The lowest BCUT2D eigenvalue weighted by atomic mass is 10.0. The van der Waals surface area contributed by atoms with Crippen LogP contribution in [0.2, 0.25) is 10.0 Å². The fraction of sp³-hybridized carbons (Fsp3) is 0.286. The third-order valence-corrected chi connectivity index (χ3v) is 5.01. The molecule has 1 atom stereocenters. The number of nitrogens with one attached hydrogen (secondary N) is 1. The third kappa shape index (κ3) is 5.25. The fourth-order valence-electron chi connectivity index (χ4n) is 3.11. The molecule has 1 fully saturated rings. The molecule has 0 aliphatic carbocycles. The van der Waals surface area contributed by atoms with Crippen molar-refractivity contribution in [3.63, 3.8) is 0 Å². The average molecular weight is 405 g/mol. The van der Waals surface area contributed by atoms with E-state index in [2.05, 4.69) is 11.9 Å². The number of halogens is 2. The summed E-state index contributed by atoms with van der Waals surface area (Å²) in [5.41, 5.74) is 2.02. The summed E-state index contributed by atoms with van der Waals surface area (Å²) < 4.78 is 6.42. The van der Waals surface area contributed by atoms with Gasteiger partial charge in [-0.3, -0.25) is 0 Å². The largest absolute Gasteiger partial charge is 0.364 e. The van der Waals surface area contributed by atoms with Gasteiger partial charge in [0.1, 0.15) is 6.10 Å². The van der Waals surface area contributed by atoms with Crippen molar-refractivity contribution >= 4 is 29.2 Å². The smallest absolute Gasteiger partial charge is 0.317 e. The van der Waals surface area contributed by atoms with Crippen LogP contribution in [0.4, 0.5) is 4.79 Å². The summed E-state index contributed by atoms with van der Waals surface area (Å²) in [6, 6.07) is 15.2. The van der Waals surface area contributed by atoms with E-state index in [-0.39, 0.29) is 18.2 Å². The van der Waals surface area contributed by atoms with Crippen LogP contribution in [0, 0.1) is 0 Å². The highest BCUT2D eigenvalue weighted by molar-refractivity contribution is 6.30. The highest BCUT2D eigenvalue weighted by atomic mass is 35.5. The van der Waals surface area contributed by atoms with Crippen molar-refractivity contribution in [1.82, 2.24) is 10.2 Å². The lowest BCUT2D eigenvalue weighted by molar-refractivity contribution is 0.0160. The van der Waals surface area contributed by atoms with Crippen LogP contribution in [0.25, 0.3) is 0 Å². The van der Waals surface area contributed by atoms with E-state index in [1.807, 2.05) is 48.5 Å². The Hall–Kier alpha value is -2.01. The van der Waals surface area contributed by atoms with Gasteiger partial charge in [0.2, 0.25) is 0 Å².